The first-order valence-corrected chi connectivity index (χ1v) is 12.3. The predicted molar refractivity (Wildman–Crippen MR) is 129 cm³/mol. The van der Waals surface area contributed by atoms with Gasteiger partial charge in [-0.05, 0) is 49.2 Å². The number of hydrogen-bond donors (Lipinski definition) is 0. The van der Waals surface area contributed by atoms with Crippen LogP contribution in [0.5, 0.6) is 0 Å². The maximum Gasteiger partial charge on any atom is 0.419 e. The third-order valence-corrected chi connectivity index (χ3v) is 7.42. The lowest BCUT2D eigenvalue weighted by atomic mass is 9.85. The molecule has 0 N–H and O–H groups in total. The van der Waals surface area contributed by atoms with Crippen molar-refractivity contribution in [3.8, 4) is 0 Å². The molecule has 0 saturated carbocycles. The summed E-state index contributed by atoms with van der Waals surface area (Å²) >= 11 is 0. The number of hydrogen-bond acceptors (Lipinski definition) is 6. The second-order valence-electron chi connectivity index (χ2n) is 9.89. The molecule has 11 heteroatoms. The van der Waals surface area contributed by atoms with Gasteiger partial charge in [-0.1, -0.05) is 6.07 Å². The Morgan fingerprint density at radius 2 is 2.05 bits per heavy atom. The zero-order valence-electron chi connectivity index (χ0n) is 20.8. The van der Waals surface area contributed by atoms with Crippen LogP contribution in [-0.4, -0.2) is 58.6 Å². The lowest BCUT2D eigenvalue weighted by Crippen LogP contribution is -2.49. The molecule has 0 aliphatic carbocycles. The standard InChI is InChI=1S/C26H29F3N4O4/c1-3-33-21-10-17(4-5-22(21)37-24(33)35)13-31-9-7-25(15-31,16-36-2)23(34)32-8-6-20-18(14-32)11-19(12-30-20)26(27,28)29/h4-5,10-12H,3,6-9,13-16H2,1-2H3. The number of likely N-dealkylation sites (tertiary alicyclic amines) is 1. The van der Waals surface area contributed by atoms with Crippen LogP contribution in [0.25, 0.3) is 11.1 Å². The number of halogens is 3. The van der Waals surface area contributed by atoms with Crippen molar-refractivity contribution in [1.29, 1.82) is 0 Å². The van der Waals surface area contributed by atoms with Gasteiger partial charge in [-0.25, -0.2) is 4.79 Å². The van der Waals surface area contributed by atoms with Crippen molar-refractivity contribution in [3.63, 3.8) is 0 Å². The smallest absolute Gasteiger partial charge is 0.408 e. The number of alkyl halides is 3. The van der Waals surface area contributed by atoms with E-state index < -0.39 is 17.2 Å². The summed E-state index contributed by atoms with van der Waals surface area (Å²) in [7, 11) is 1.56. The highest BCUT2D eigenvalue weighted by atomic mass is 19.4. The molecule has 1 unspecified atom stereocenters. The van der Waals surface area contributed by atoms with E-state index in [1.165, 1.54) is 0 Å². The van der Waals surface area contributed by atoms with Crippen LogP contribution in [0.3, 0.4) is 0 Å². The topological polar surface area (TPSA) is 80.8 Å². The number of rotatable bonds is 6. The van der Waals surface area contributed by atoms with E-state index in [9.17, 15) is 22.8 Å². The molecule has 3 aromatic rings. The first kappa shape index (κ1) is 25.5. The molecule has 1 saturated heterocycles. The molecule has 1 atom stereocenters. The van der Waals surface area contributed by atoms with Crippen molar-refractivity contribution in [2.45, 2.75) is 45.6 Å². The summed E-state index contributed by atoms with van der Waals surface area (Å²) in [4.78, 5) is 33.6. The molecule has 8 nitrogen and oxygen atoms in total. The molecule has 198 valence electrons. The van der Waals surface area contributed by atoms with Gasteiger partial charge in [-0.15, -0.1) is 0 Å². The molecule has 0 spiro atoms. The molecule has 0 bridgehead atoms. The van der Waals surface area contributed by atoms with Crippen LogP contribution in [0, 0.1) is 5.41 Å². The summed E-state index contributed by atoms with van der Waals surface area (Å²) < 4.78 is 52.0. The van der Waals surface area contributed by atoms with Gasteiger partial charge in [0, 0.05) is 58.1 Å². The molecule has 1 fully saturated rings. The molecule has 4 heterocycles. The Morgan fingerprint density at radius 1 is 1.24 bits per heavy atom. The number of carbonyl (C=O) groups is 1. The van der Waals surface area contributed by atoms with Crippen molar-refractivity contribution >= 4 is 17.0 Å². The fourth-order valence-electron chi connectivity index (χ4n) is 5.58. The van der Waals surface area contributed by atoms with E-state index in [0.29, 0.717) is 62.4 Å². The second-order valence-corrected chi connectivity index (χ2v) is 9.89. The van der Waals surface area contributed by atoms with Gasteiger partial charge in [0.2, 0.25) is 5.91 Å². The zero-order valence-corrected chi connectivity index (χ0v) is 20.8. The van der Waals surface area contributed by atoms with Crippen LogP contribution < -0.4 is 5.76 Å². The van der Waals surface area contributed by atoms with E-state index in [1.807, 2.05) is 19.1 Å². The maximum absolute atomic E-state index is 13.8. The molecule has 1 amide bonds. The van der Waals surface area contributed by atoms with Gasteiger partial charge < -0.3 is 14.1 Å². The largest absolute Gasteiger partial charge is 0.419 e. The number of aryl methyl sites for hydroxylation is 1. The number of amides is 1. The molecule has 2 aromatic heterocycles. The van der Waals surface area contributed by atoms with E-state index in [0.717, 1.165) is 23.3 Å². The summed E-state index contributed by atoms with van der Waals surface area (Å²) in [6, 6.07) is 6.74. The van der Waals surface area contributed by atoms with Crippen molar-refractivity contribution < 1.29 is 27.1 Å². The maximum atomic E-state index is 13.8. The highest BCUT2D eigenvalue weighted by Crippen LogP contribution is 2.36. The monoisotopic (exact) mass is 518 g/mol. The third kappa shape index (κ3) is 4.77. The number of pyridine rings is 1. The van der Waals surface area contributed by atoms with Gasteiger partial charge in [0.1, 0.15) is 0 Å². The highest BCUT2D eigenvalue weighted by Gasteiger charge is 2.47. The van der Waals surface area contributed by atoms with E-state index in [2.05, 4.69) is 9.88 Å². The normalized spacial score (nSPS) is 20.5. The van der Waals surface area contributed by atoms with Crippen LogP contribution in [0.15, 0.2) is 39.7 Å². The van der Waals surface area contributed by atoms with Crippen molar-refractivity contribution in [2.75, 3.05) is 33.4 Å². The first-order valence-electron chi connectivity index (χ1n) is 12.3. The SMILES string of the molecule is CCn1c(=O)oc2ccc(CN3CCC(COC)(C(=O)N4CCc5ncc(C(F)(F)F)cc5C4)C3)cc21. The number of methoxy groups -OCH3 is 1. The summed E-state index contributed by atoms with van der Waals surface area (Å²) in [5.74, 6) is -0.494. The second kappa shape index (κ2) is 9.60. The fourth-order valence-corrected chi connectivity index (χ4v) is 5.58. The molecule has 5 rings (SSSR count). The summed E-state index contributed by atoms with van der Waals surface area (Å²) in [5, 5.41) is 0. The van der Waals surface area contributed by atoms with Gasteiger partial charge in [-0.3, -0.25) is 19.2 Å². The van der Waals surface area contributed by atoms with Crippen molar-refractivity contribution in [3.05, 3.63) is 63.4 Å². The average molecular weight is 519 g/mol. The molecule has 2 aliphatic heterocycles. The third-order valence-electron chi connectivity index (χ3n) is 7.42. The minimum absolute atomic E-state index is 0.0995. The fraction of sp³-hybridized carbons (Fsp3) is 0.500. The van der Waals surface area contributed by atoms with Gasteiger partial charge >= 0.3 is 11.9 Å². The number of nitrogens with zero attached hydrogens (tertiary/aromatic N) is 4. The van der Waals surface area contributed by atoms with Crippen LogP contribution in [0.2, 0.25) is 0 Å². The quantitative estimate of drug-likeness (QED) is 0.497. The van der Waals surface area contributed by atoms with E-state index in [-0.39, 0.29) is 24.8 Å². The van der Waals surface area contributed by atoms with Crippen LogP contribution in [0.4, 0.5) is 13.2 Å². The van der Waals surface area contributed by atoms with Crippen molar-refractivity contribution in [1.82, 2.24) is 19.4 Å². The molecule has 0 radical (unpaired) electrons. The van der Waals surface area contributed by atoms with Gasteiger partial charge in [0.15, 0.2) is 5.58 Å². The zero-order chi connectivity index (χ0) is 26.4. The molecule has 1 aromatic carbocycles. The number of oxazole rings is 1. The lowest BCUT2D eigenvalue weighted by Gasteiger charge is -2.36. The van der Waals surface area contributed by atoms with E-state index >= 15 is 0 Å². The summed E-state index contributed by atoms with van der Waals surface area (Å²) in [5.41, 5.74) is 1.72. The molecule has 37 heavy (non-hydrogen) atoms. The Labute approximate surface area is 211 Å². The van der Waals surface area contributed by atoms with Gasteiger partial charge in [0.05, 0.1) is 23.1 Å². The Hall–Kier alpha value is -3.18. The molecule has 2 aliphatic rings. The summed E-state index contributed by atoms with van der Waals surface area (Å²) in [6.07, 6.45) is -2.63. The van der Waals surface area contributed by atoms with Crippen LogP contribution in [-0.2, 0) is 41.8 Å². The summed E-state index contributed by atoms with van der Waals surface area (Å²) in [6.45, 7) is 4.83. The van der Waals surface area contributed by atoms with Crippen LogP contribution >= 0.6 is 0 Å². The minimum Gasteiger partial charge on any atom is -0.408 e. The Bertz CT molecular complexity index is 1380. The van der Waals surface area contributed by atoms with Crippen molar-refractivity contribution in [2.24, 2.45) is 5.41 Å². The van der Waals surface area contributed by atoms with E-state index in [1.54, 1.807) is 22.6 Å². The number of ether oxygens (including phenoxy) is 1. The molecular weight excluding hydrogens is 489 g/mol. The number of fused-ring (bicyclic) bond motifs is 2. The van der Waals surface area contributed by atoms with Crippen LogP contribution in [0.1, 0.15) is 35.7 Å². The Balaban J connectivity index is 1.33. The number of aromatic nitrogens is 2. The first-order chi connectivity index (χ1) is 17.6. The minimum atomic E-state index is -4.48. The average Bonchev–Trinajstić information content (AvgIpc) is 3.42. The Morgan fingerprint density at radius 3 is 2.78 bits per heavy atom. The Kier molecular flexibility index (Phi) is 6.61. The highest BCUT2D eigenvalue weighted by molar-refractivity contribution is 5.84. The van der Waals surface area contributed by atoms with Gasteiger partial charge in [-0.2, -0.15) is 13.2 Å². The number of carbonyl (C=O) groups excluding carboxylic acids is 1. The predicted octanol–water partition coefficient (Wildman–Crippen LogP) is 3.45. The van der Waals surface area contributed by atoms with E-state index in [4.69, 9.17) is 9.15 Å². The lowest BCUT2D eigenvalue weighted by molar-refractivity contribution is -0.145. The molecular formula is C26H29F3N4O4. The van der Waals surface area contributed by atoms with Gasteiger partial charge in [0.25, 0.3) is 0 Å². The number of benzene rings is 1.